The second kappa shape index (κ2) is 8.10. The molecule has 3 aromatic heterocycles. The first-order chi connectivity index (χ1) is 14.4. The van der Waals surface area contributed by atoms with Gasteiger partial charge in [-0.25, -0.2) is 9.97 Å². The first-order valence-corrected chi connectivity index (χ1v) is 9.74. The smallest absolute Gasteiger partial charge is 0.230 e. The Morgan fingerprint density at radius 2 is 1.41 bits per heavy atom. The summed E-state index contributed by atoms with van der Waals surface area (Å²) in [5.41, 5.74) is 0.697. The van der Waals surface area contributed by atoms with Gasteiger partial charge in [0.15, 0.2) is 5.82 Å². The van der Waals surface area contributed by atoms with Crippen LogP contribution in [0.3, 0.4) is 0 Å². The minimum Gasteiger partial charge on any atom is -0.378 e. The molecule has 5 rings (SSSR count). The molecule has 150 valence electrons. The zero-order chi connectivity index (χ0) is 19.5. The standard InChI is InChI=1S/C19H22N8O2/c1-2-15(21-16(3-1)27-5-4-20-14-27)17-22-18(25-6-10-28-11-7-25)24-19(23-17)26-8-12-29-13-9-26/h1-5,14H,6-13H2. The molecule has 2 aliphatic rings. The van der Waals surface area contributed by atoms with Gasteiger partial charge in [0.1, 0.15) is 17.8 Å². The topological polar surface area (TPSA) is 94.3 Å². The van der Waals surface area contributed by atoms with E-state index in [4.69, 9.17) is 29.4 Å². The molecular weight excluding hydrogens is 372 g/mol. The highest BCUT2D eigenvalue weighted by atomic mass is 16.5. The average molecular weight is 394 g/mol. The predicted octanol–water partition coefficient (Wildman–Crippen LogP) is 0.793. The van der Waals surface area contributed by atoms with Crippen molar-refractivity contribution in [2.24, 2.45) is 0 Å². The van der Waals surface area contributed by atoms with Crippen molar-refractivity contribution < 1.29 is 9.47 Å². The maximum atomic E-state index is 5.48. The van der Waals surface area contributed by atoms with Crippen LogP contribution in [0.1, 0.15) is 0 Å². The molecule has 0 N–H and O–H groups in total. The second-order valence-electron chi connectivity index (χ2n) is 6.81. The SMILES string of the molecule is c1cc(-c2nc(N3CCOCC3)nc(N3CCOCC3)n2)nc(-n2ccnc2)c1. The van der Waals surface area contributed by atoms with Gasteiger partial charge in [0, 0.05) is 38.6 Å². The maximum absolute atomic E-state index is 5.48. The first-order valence-electron chi connectivity index (χ1n) is 9.74. The zero-order valence-electron chi connectivity index (χ0n) is 16.0. The zero-order valence-corrected chi connectivity index (χ0v) is 16.0. The van der Waals surface area contributed by atoms with Crippen LogP contribution in [-0.4, -0.2) is 82.1 Å². The molecule has 0 saturated carbocycles. The van der Waals surface area contributed by atoms with Crippen LogP contribution in [0.4, 0.5) is 11.9 Å². The molecule has 2 fully saturated rings. The van der Waals surface area contributed by atoms with Crippen LogP contribution in [0.15, 0.2) is 36.9 Å². The minimum atomic E-state index is 0.560. The molecule has 0 atom stereocenters. The number of hydrogen-bond donors (Lipinski definition) is 0. The van der Waals surface area contributed by atoms with Crippen molar-refractivity contribution in [2.45, 2.75) is 0 Å². The fourth-order valence-electron chi connectivity index (χ4n) is 3.36. The lowest BCUT2D eigenvalue weighted by Crippen LogP contribution is -2.40. The summed E-state index contributed by atoms with van der Waals surface area (Å²) < 4.78 is 12.8. The molecule has 29 heavy (non-hydrogen) atoms. The molecule has 2 saturated heterocycles. The van der Waals surface area contributed by atoms with E-state index < -0.39 is 0 Å². The number of nitrogens with zero attached hydrogens (tertiary/aromatic N) is 8. The van der Waals surface area contributed by atoms with Crippen molar-refractivity contribution in [3.8, 4) is 17.3 Å². The Balaban J connectivity index is 1.55. The maximum Gasteiger partial charge on any atom is 0.230 e. The number of morpholine rings is 2. The van der Waals surface area contributed by atoms with E-state index in [9.17, 15) is 0 Å². The molecule has 2 aliphatic heterocycles. The summed E-state index contributed by atoms with van der Waals surface area (Å²) in [5, 5.41) is 0. The second-order valence-corrected chi connectivity index (χ2v) is 6.81. The summed E-state index contributed by atoms with van der Waals surface area (Å²) >= 11 is 0. The molecule has 3 aromatic rings. The number of hydrogen-bond acceptors (Lipinski definition) is 9. The number of aromatic nitrogens is 6. The summed E-state index contributed by atoms with van der Waals surface area (Å²) in [7, 11) is 0. The van der Waals surface area contributed by atoms with Crippen LogP contribution in [0, 0.1) is 0 Å². The van der Waals surface area contributed by atoms with Gasteiger partial charge < -0.3 is 19.3 Å². The number of anilines is 2. The van der Waals surface area contributed by atoms with Gasteiger partial charge in [-0.05, 0) is 12.1 Å². The van der Waals surface area contributed by atoms with Gasteiger partial charge in [0.2, 0.25) is 11.9 Å². The molecule has 5 heterocycles. The molecule has 10 heteroatoms. The van der Waals surface area contributed by atoms with Gasteiger partial charge >= 0.3 is 0 Å². The highest BCUT2D eigenvalue weighted by Crippen LogP contribution is 2.22. The van der Waals surface area contributed by atoms with E-state index in [-0.39, 0.29) is 0 Å². The Labute approximate surface area is 168 Å². The van der Waals surface area contributed by atoms with Crippen molar-refractivity contribution in [2.75, 3.05) is 62.4 Å². The first kappa shape index (κ1) is 18.0. The van der Waals surface area contributed by atoms with E-state index in [0.717, 1.165) is 32.0 Å². The Morgan fingerprint density at radius 3 is 2.00 bits per heavy atom. The van der Waals surface area contributed by atoms with Gasteiger partial charge in [-0.15, -0.1) is 0 Å². The fraction of sp³-hybridized carbons (Fsp3) is 0.421. The summed E-state index contributed by atoms with van der Waals surface area (Å²) in [6.45, 7) is 5.71. The normalized spacial score (nSPS) is 17.5. The fourth-order valence-corrected chi connectivity index (χ4v) is 3.36. The van der Waals surface area contributed by atoms with E-state index in [0.29, 0.717) is 49.8 Å². The van der Waals surface area contributed by atoms with E-state index in [1.165, 1.54) is 0 Å². The number of pyridine rings is 1. The number of imidazole rings is 1. The van der Waals surface area contributed by atoms with Crippen LogP contribution in [0.5, 0.6) is 0 Å². The average Bonchev–Trinajstić information content (AvgIpc) is 3.35. The van der Waals surface area contributed by atoms with Crippen LogP contribution in [0.2, 0.25) is 0 Å². The third-order valence-electron chi connectivity index (χ3n) is 4.93. The molecule has 10 nitrogen and oxygen atoms in total. The number of rotatable bonds is 4. The van der Waals surface area contributed by atoms with Gasteiger partial charge in [-0.3, -0.25) is 4.57 Å². The van der Waals surface area contributed by atoms with Gasteiger partial charge in [0.05, 0.1) is 26.4 Å². The molecular formula is C19H22N8O2. The Morgan fingerprint density at radius 1 is 0.759 bits per heavy atom. The lowest BCUT2D eigenvalue weighted by molar-refractivity contribution is 0.121. The Kier molecular flexibility index (Phi) is 5.01. The van der Waals surface area contributed by atoms with Crippen LogP contribution >= 0.6 is 0 Å². The quantitative estimate of drug-likeness (QED) is 0.636. The molecule has 0 amide bonds. The number of ether oxygens (including phenoxy) is 2. The summed E-state index contributed by atoms with van der Waals surface area (Å²) in [6, 6.07) is 5.80. The van der Waals surface area contributed by atoms with Gasteiger partial charge in [0.25, 0.3) is 0 Å². The molecule has 0 spiro atoms. The van der Waals surface area contributed by atoms with Crippen LogP contribution in [-0.2, 0) is 9.47 Å². The highest BCUT2D eigenvalue weighted by molar-refractivity contribution is 5.56. The van der Waals surface area contributed by atoms with Crippen molar-refractivity contribution in [1.82, 2.24) is 29.5 Å². The lowest BCUT2D eigenvalue weighted by atomic mass is 10.3. The highest BCUT2D eigenvalue weighted by Gasteiger charge is 2.21. The summed E-state index contributed by atoms with van der Waals surface area (Å²) in [6.07, 6.45) is 5.31. The van der Waals surface area contributed by atoms with E-state index in [2.05, 4.69) is 14.8 Å². The molecule has 0 unspecified atom stereocenters. The van der Waals surface area contributed by atoms with Crippen molar-refractivity contribution in [3.63, 3.8) is 0 Å². The van der Waals surface area contributed by atoms with E-state index in [1.807, 2.05) is 29.0 Å². The van der Waals surface area contributed by atoms with Crippen LogP contribution < -0.4 is 9.80 Å². The third kappa shape index (κ3) is 3.89. The van der Waals surface area contributed by atoms with Crippen molar-refractivity contribution in [1.29, 1.82) is 0 Å². The monoisotopic (exact) mass is 394 g/mol. The predicted molar refractivity (Wildman–Crippen MR) is 106 cm³/mol. The molecule has 0 aliphatic carbocycles. The van der Waals surface area contributed by atoms with Crippen LogP contribution in [0.25, 0.3) is 17.3 Å². The summed E-state index contributed by atoms with van der Waals surface area (Å²) in [4.78, 5) is 27.4. The van der Waals surface area contributed by atoms with Gasteiger partial charge in [-0.2, -0.15) is 15.0 Å². The molecule has 0 bridgehead atoms. The third-order valence-corrected chi connectivity index (χ3v) is 4.93. The Bertz CT molecular complexity index is 916. The van der Waals surface area contributed by atoms with Gasteiger partial charge in [-0.1, -0.05) is 6.07 Å². The summed E-state index contributed by atoms with van der Waals surface area (Å²) in [5.74, 6) is 2.65. The minimum absolute atomic E-state index is 0.560. The van der Waals surface area contributed by atoms with Crippen molar-refractivity contribution >= 4 is 11.9 Å². The lowest BCUT2D eigenvalue weighted by Gasteiger charge is -2.30. The molecule has 0 radical (unpaired) electrons. The largest absolute Gasteiger partial charge is 0.378 e. The Hall–Kier alpha value is -3.11. The van der Waals surface area contributed by atoms with E-state index in [1.54, 1.807) is 12.5 Å². The van der Waals surface area contributed by atoms with E-state index >= 15 is 0 Å². The van der Waals surface area contributed by atoms with Crippen molar-refractivity contribution in [3.05, 3.63) is 36.9 Å². The molecule has 0 aromatic carbocycles.